The number of β-lactam (4-membered cyclic amide) rings is 1. The minimum Gasteiger partial charge on any atom is -0.477 e. The molecule has 3 atom stereocenters. The van der Waals surface area contributed by atoms with E-state index >= 15 is 0 Å². The van der Waals surface area contributed by atoms with Gasteiger partial charge in [0.2, 0.25) is 5.91 Å². The number of carbonyl (C=O) groups excluding carboxylic acids is 1. The van der Waals surface area contributed by atoms with Crippen molar-refractivity contribution in [2.24, 2.45) is 16.8 Å². The fourth-order valence-corrected chi connectivity index (χ4v) is 3.81. The Hall–Kier alpha value is -1.58. The molecule has 5 N–H and O–H groups in total. The minimum atomic E-state index is -1.10. The van der Waals surface area contributed by atoms with E-state index in [1.54, 1.807) is 13.1 Å². The third-order valence-electron chi connectivity index (χ3n) is 3.67. The molecule has 0 unspecified atom stereocenters. The fourth-order valence-electron chi connectivity index (χ4n) is 2.76. The van der Waals surface area contributed by atoms with Crippen molar-refractivity contribution in [2.75, 3.05) is 18.8 Å². The second-order valence-electron chi connectivity index (χ2n) is 5.13. The zero-order chi connectivity index (χ0) is 16.3. The number of fused-ring (bicyclic) bond motifs is 1. The lowest BCUT2D eigenvalue weighted by molar-refractivity contribution is -0.161. The van der Waals surface area contributed by atoms with Crippen molar-refractivity contribution in [1.82, 2.24) is 10.3 Å². The average molecular weight is 328 g/mol. The third-order valence-corrected chi connectivity index (χ3v) is 4.79. The summed E-state index contributed by atoms with van der Waals surface area (Å²) in [5.41, 5.74) is 8.12. The normalized spacial score (nSPS) is 25.4. The molecule has 0 aliphatic carbocycles. The van der Waals surface area contributed by atoms with Crippen LogP contribution in [0.4, 0.5) is 0 Å². The molecule has 1 saturated heterocycles. The monoisotopic (exact) mass is 328 g/mol. The Bertz CT molecular complexity index is 520. The van der Waals surface area contributed by atoms with E-state index in [9.17, 15) is 19.8 Å². The lowest BCUT2D eigenvalue weighted by Gasteiger charge is -2.44. The predicted octanol–water partition coefficient (Wildman–Crippen LogP) is -0.839. The highest BCUT2D eigenvalue weighted by Gasteiger charge is 2.56. The van der Waals surface area contributed by atoms with Crippen molar-refractivity contribution in [2.45, 2.75) is 25.5 Å². The van der Waals surface area contributed by atoms with Gasteiger partial charge in [0.25, 0.3) is 0 Å². The van der Waals surface area contributed by atoms with Crippen LogP contribution in [0, 0.1) is 5.92 Å². The maximum atomic E-state index is 12.0. The summed E-state index contributed by atoms with van der Waals surface area (Å²) in [5.74, 6) is -1.28. The van der Waals surface area contributed by atoms with Crippen LogP contribution in [0.2, 0.25) is 0 Å². The second kappa shape index (κ2) is 7.12. The lowest BCUT2D eigenvalue weighted by Crippen LogP contribution is -2.61. The Kier molecular flexibility index (Phi) is 5.43. The minimum absolute atomic E-state index is 0.0577. The molecule has 0 saturated carbocycles. The number of aliphatic hydroxyl groups is 1. The number of hydrogen-bond donors (Lipinski definition) is 4. The summed E-state index contributed by atoms with van der Waals surface area (Å²) >= 11 is 1.40. The first-order valence-electron chi connectivity index (χ1n) is 7.03. The van der Waals surface area contributed by atoms with Crippen LogP contribution in [0.5, 0.6) is 0 Å². The van der Waals surface area contributed by atoms with Crippen LogP contribution in [-0.4, -0.2) is 64.2 Å². The van der Waals surface area contributed by atoms with E-state index in [0.717, 1.165) is 0 Å². The summed E-state index contributed by atoms with van der Waals surface area (Å²) in [6.45, 7) is 2.48. The van der Waals surface area contributed by atoms with Gasteiger partial charge in [0.15, 0.2) is 0 Å². The van der Waals surface area contributed by atoms with Gasteiger partial charge in [0.1, 0.15) is 5.70 Å². The topological polar surface area (TPSA) is 128 Å². The molecule has 2 aliphatic heterocycles. The number of nitrogens with two attached hydrogens (primary N) is 1. The number of hydrazone groups is 1. The van der Waals surface area contributed by atoms with E-state index in [1.165, 1.54) is 16.7 Å². The van der Waals surface area contributed by atoms with Crippen molar-refractivity contribution in [3.63, 3.8) is 0 Å². The van der Waals surface area contributed by atoms with Gasteiger partial charge in [-0.1, -0.05) is 0 Å². The van der Waals surface area contributed by atoms with Crippen LogP contribution in [0.1, 0.15) is 13.3 Å². The van der Waals surface area contributed by atoms with E-state index in [4.69, 9.17) is 5.73 Å². The average Bonchev–Trinajstić information content (AvgIpc) is 2.77. The Balaban J connectivity index is 1.97. The molecule has 2 rings (SSSR count). The summed E-state index contributed by atoms with van der Waals surface area (Å²) < 4.78 is 0. The molecule has 0 aromatic rings. The zero-order valence-electron chi connectivity index (χ0n) is 12.2. The number of nitrogens with zero attached hydrogens (tertiary/aromatic N) is 2. The summed E-state index contributed by atoms with van der Waals surface area (Å²) in [5, 5.41) is 22.8. The largest absolute Gasteiger partial charge is 0.477 e. The van der Waals surface area contributed by atoms with Gasteiger partial charge in [-0.2, -0.15) is 5.10 Å². The maximum Gasteiger partial charge on any atom is 0.353 e. The molecular weight excluding hydrogens is 308 g/mol. The molecule has 2 aliphatic rings. The SMILES string of the molecule is C[C@@H](O)[C@H]1C(=O)N2C(C(=O)O)=C(SCCN/N=C/CN)C[C@H]12. The smallest absolute Gasteiger partial charge is 0.353 e. The van der Waals surface area contributed by atoms with E-state index in [0.29, 0.717) is 30.2 Å². The number of carbonyl (C=O) groups is 2. The van der Waals surface area contributed by atoms with Gasteiger partial charge in [-0.3, -0.25) is 4.79 Å². The van der Waals surface area contributed by atoms with Crippen molar-refractivity contribution in [3.05, 3.63) is 10.6 Å². The van der Waals surface area contributed by atoms with E-state index < -0.39 is 18.0 Å². The Morgan fingerprint density at radius 1 is 1.68 bits per heavy atom. The molecule has 22 heavy (non-hydrogen) atoms. The Morgan fingerprint density at radius 3 is 3.00 bits per heavy atom. The second-order valence-corrected chi connectivity index (χ2v) is 6.32. The van der Waals surface area contributed by atoms with Gasteiger partial charge in [-0.05, 0) is 6.92 Å². The molecular formula is C13H20N4O4S. The van der Waals surface area contributed by atoms with Gasteiger partial charge < -0.3 is 26.3 Å². The first-order valence-corrected chi connectivity index (χ1v) is 8.02. The van der Waals surface area contributed by atoms with Gasteiger partial charge in [-0.15, -0.1) is 11.8 Å². The number of aliphatic carboxylic acids is 1. The molecule has 0 aromatic heterocycles. The van der Waals surface area contributed by atoms with Crippen molar-refractivity contribution >= 4 is 29.9 Å². The lowest BCUT2D eigenvalue weighted by atomic mass is 9.83. The molecule has 0 aromatic carbocycles. The van der Waals surface area contributed by atoms with Crippen LogP contribution in [-0.2, 0) is 9.59 Å². The number of rotatable bonds is 8. The van der Waals surface area contributed by atoms with Crippen molar-refractivity contribution < 1.29 is 19.8 Å². The van der Waals surface area contributed by atoms with Crippen LogP contribution in [0.25, 0.3) is 0 Å². The van der Waals surface area contributed by atoms with E-state index in [2.05, 4.69) is 10.5 Å². The molecule has 8 nitrogen and oxygen atoms in total. The van der Waals surface area contributed by atoms with Gasteiger partial charge in [0, 0.05) is 36.4 Å². The van der Waals surface area contributed by atoms with Crippen LogP contribution >= 0.6 is 11.8 Å². The van der Waals surface area contributed by atoms with Crippen LogP contribution in [0.15, 0.2) is 15.7 Å². The highest BCUT2D eigenvalue weighted by molar-refractivity contribution is 8.03. The predicted molar refractivity (Wildman–Crippen MR) is 83.1 cm³/mol. The van der Waals surface area contributed by atoms with Crippen LogP contribution in [0.3, 0.4) is 0 Å². The summed E-state index contributed by atoms with van der Waals surface area (Å²) in [6, 6.07) is -0.232. The zero-order valence-corrected chi connectivity index (χ0v) is 13.0. The maximum absolute atomic E-state index is 12.0. The highest BCUT2D eigenvalue weighted by atomic mass is 32.2. The first kappa shape index (κ1) is 16.8. The van der Waals surface area contributed by atoms with E-state index in [-0.39, 0.29) is 17.6 Å². The number of nitrogens with one attached hydrogen (secondary N) is 1. The standard InChI is InChI=1S/C13H20N4O4S/c1-7(18)10-8-6-9(22-5-4-16-15-3-2-14)11(13(20)21)17(8)12(10)19/h3,7-8,10,16,18H,2,4-6,14H2,1H3,(H,20,21)/b15-3+/t7-,8-,10-/m1/s1. The number of carboxylic acids is 1. The summed E-state index contributed by atoms with van der Waals surface area (Å²) in [4.78, 5) is 25.4. The number of carboxylic acid groups (broad SMARTS) is 1. The number of aliphatic hydroxyl groups excluding tert-OH is 1. The van der Waals surface area contributed by atoms with Gasteiger partial charge >= 0.3 is 5.97 Å². The summed E-state index contributed by atoms with van der Waals surface area (Å²) in [6.07, 6.45) is 1.26. The molecule has 0 radical (unpaired) electrons. The molecule has 0 spiro atoms. The first-order chi connectivity index (χ1) is 10.5. The molecule has 9 heteroatoms. The van der Waals surface area contributed by atoms with Gasteiger partial charge in [0.05, 0.1) is 18.1 Å². The molecule has 1 amide bonds. The van der Waals surface area contributed by atoms with Gasteiger partial charge in [-0.25, -0.2) is 4.79 Å². The molecule has 1 fully saturated rings. The van der Waals surface area contributed by atoms with Crippen molar-refractivity contribution in [3.8, 4) is 0 Å². The molecule has 0 bridgehead atoms. The number of hydrogen-bond acceptors (Lipinski definition) is 7. The number of amides is 1. The van der Waals surface area contributed by atoms with Crippen LogP contribution < -0.4 is 11.2 Å². The fraction of sp³-hybridized carbons (Fsp3) is 0.615. The number of thioether (sulfide) groups is 1. The Morgan fingerprint density at radius 2 is 2.41 bits per heavy atom. The van der Waals surface area contributed by atoms with E-state index in [1.807, 2.05) is 0 Å². The highest BCUT2D eigenvalue weighted by Crippen LogP contribution is 2.46. The quantitative estimate of drug-likeness (QED) is 0.198. The molecule has 2 heterocycles. The summed E-state index contributed by atoms with van der Waals surface area (Å²) in [7, 11) is 0. The molecule has 122 valence electrons. The Labute approximate surface area is 132 Å². The third kappa shape index (κ3) is 3.11. The van der Waals surface area contributed by atoms with Crippen molar-refractivity contribution in [1.29, 1.82) is 0 Å².